The fraction of sp³-hybridized carbons (Fsp3) is 0.524. The Balaban J connectivity index is 1.25. The van der Waals surface area contributed by atoms with Gasteiger partial charge in [-0.25, -0.2) is 4.98 Å². The highest BCUT2D eigenvalue weighted by Crippen LogP contribution is 2.48. The lowest BCUT2D eigenvalue weighted by molar-refractivity contribution is -0.122. The van der Waals surface area contributed by atoms with E-state index in [4.69, 9.17) is 22.1 Å². The molecule has 1 aliphatic heterocycles. The molecule has 0 spiro atoms. The van der Waals surface area contributed by atoms with E-state index in [1.54, 1.807) is 12.4 Å². The molecule has 11 heteroatoms. The Bertz CT molecular complexity index is 1020. The van der Waals surface area contributed by atoms with Gasteiger partial charge in [-0.15, -0.1) is 0 Å². The molecule has 4 N–H and O–H groups in total. The van der Waals surface area contributed by atoms with Gasteiger partial charge >= 0.3 is 0 Å². The second-order valence-electron chi connectivity index (χ2n) is 8.64. The number of aromatic nitrogens is 4. The third-order valence-electron chi connectivity index (χ3n) is 6.50. The molecule has 3 aliphatic rings. The smallest absolute Gasteiger partial charge is 0.229 e. The summed E-state index contributed by atoms with van der Waals surface area (Å²) in [6.07, 6.45) is 10.9. The quantitative estimate of drug-likeness (QED) is 0.510. The zero-order valence-electron chi connectivity index (χ0n) is 17.7. The third kappa shape index (κ3) is 4.30. The molecular formula is C21H27ClN8O2. The monoisotopic (exact) mass is 458 g/mol. The molecule has 5 rings (SSSR count). The van der Waals surface area contributed by atoms with Crippen molar-refractivity contribution in [1.29, 1.82) is 0 Å². The Hall–Kier alpha value is -2.69. The number of halogens is 1. The summed E-state index contributed by atoms with van der Waals surface area (Å²) in [6.45, 7) is 5.19. The first kappa shape index (κ1) is 21.2. The summed E-state index contributed by atoms with van der Waals surface area (Å²) >= 11 is 6.37. The van der Waals surface area contributed by atoms with Crippen LogP contribution in [-0.4, -0.2) is 68.9 Å². The number of ether oxygens (including phenoxy) is 1. The van der Waals surface area contributed by atoms with Crippen LogP contribution in [0.4, 0.5) is 17.5 Å². The molecule has 1 saturated heterocycles. The maximum Gasteiger partial charge on any atom is 0.229 e. The van der Waals surface area contributed by atoms with Crippen LogP contribution in [0.5, 0.6) is 0 Å². The van der Waals surface area contributed by atoms with Crippen LogP contribution in [0.2, 0.25) is 5.02 Å². The van der Waals surface area contributed by atoms with Gasteiger partial charge in [-0.1, -0.05) is 23.8 Å². The van der Waals surface area contributed by atoms with E-state index in [1.807, 2.05) is 17.0 Å². The number of amides is 1. The number of hydrogen-bond donors (Lipinski definition) is 3. The highest BCUT2D eigenvalue weighted by atomic mass is 35.5. The number of carbonyl (C=O) groups excluding carboxylic acids is 1. The highest BCUT2D eigenvalue weighted by Gasteiger charge is 2.51. The maximum atomic E-state index is 12.0. The molecule has 2 bridgehead atoms. The number of rotatable bonds is 8. The summed E-state index contributed by atoms with van der Waals surface area (Å²) in [5.74, 6) is 0.624. The Labute approximate surface area is 191 Å². The van der Waals surface area contributed by atoms with Crippen LogP contribution >= 0.6 is 11.6 Å². The molecule has 2 aromatic heterocycles. The summed E-state index contributed by atoms with van der Waals surface area (Å²) < 4.78 is 7.28. The minimum absolute atomic E-state index is 0.287. The standard InChI is InChI=1S/C21H27ClN8O2/c22-17-12-24-20(26-15-11-25-30(13-15)4-3-29-5-7-32-8-6-29)27-19(17)28-21-2-1-14(10-21)9-16(21)18(23)31/h1-2,11-14,16H,3-10H2,(H2,23,31)(H2,24,26,27,28). The fourth-order valence-electron chi connectivity index (χ4n) is 4.84. The van der Waals surface area contributed by atoms with Crippen LogP contribution < -0.4 is 16.4 Å². The van der Waals surface area contributed by atoms with Crippen molar-refractivity contribution in [2.24, 2.45) is 17.6 Å². The second-order valence-corrected chi connectivity index (χ2v) is 9.05. The van der Waals surface area contributed by atoms with Crippen LogP contribution in [0.25, 0.3) is 0 Å². The second kappa shape index (κ2) is 8.68. The molecule has 2 aliphatic carbocycles. The van der Waals surface area contributed by atoms with Gasteiger partial charge < -0.3 is 21.1 Å². The summed E-state index contributed by atoms with van der Waals surface area (Å²) in [6, 6.07) is 0. The number of nitrogens with zero attached hydrogens (tertiary/aromatic N) is 5. The van der Waals surface area contributed by atoms with Gasteiger partial charge in [-0.05, 0) is 18.8 Å². The normalized spacial score (nSPS) is 27.0. The molecule has 3 unspecified atom stereocenters. The number of fused-ring (bicyclic) bond motifs is 2. The number of nitrogens with one attached hydrogen (secondary N) is 2. The van der Waals surface area contributed by atoms with Gasteiger partial charge in [0.25, 0.3) is 0 Å². The van der Waals surface area contributed by atoms with E-state index in [1.165, 1.54) is 0 Å². The van der Waals surface area contributed by atoms with Crippen molar-refractivity contribution in [2.75, 3.05) is 43.5 Å². The number of anilines is 3. The average Bonchev–Trinajstić information content (AvgIpc) is 3.50. The van der Waals surface area contributed by atoms with E-state index < -0.39 is 5.54 Å². The first-order chi connectivity index (χ1) is 15.5. The molecule has 1 saturated carbocycles. The van der Waals surface area contributed by atoms with E-state index in [9.17, 15) is 4.79 Å². The van der Waals surface area contributed by atoms with Crippen LogP contribution in [0.1, 0.15) is 12.8 Å². The van der Waals surface area contributed by atoms with E-state index in [-0.39, 0.29) is 11.8 Å². The van der Waals surface area contributed by atoms with Crippen molar-refractivity contribution in [3.8, 4) is 0 Å². The minimum Gasteiger partial charge on any atom is -0.379 e. The van der Waals surface area contributed by atoms with Gasteiger partial charge in [0.2, 0.25) is 11.9 Å². The topological polar surface area (TPSA) is 123 Å². The lowest BCUT2D eigenvalue weighted by Crippen LogP contribution is -2.46. The van der Waals surface area contributed by atoms with E-state index in [2.05, 4.69) is 36.7 Å². The Kier molecular flexibility index (Phi) is 5.75. The first-order valence-electron chi connectivity index (χ1n) is 10.9. The molecule has 3 atom stereocenters. The molecule has 0 radical (unpaired) electrons. The SMILES string of the molecule is NC(=O)C1CC2C=CC1(Nc1nc(Nc3cnn(CCN4CCOCC4)c3)ncc1Cl)C2. The lowest BCUT2D eigenvalue weighted by atomic mass is 9.85. The number of carbonyl (C=O) groups is 1. The summed E-state index contributed by atoms with van der Waals surface area (Å²) in [5, 5.41) is 11.4. The summed E-state index contributed by atoms with van der Waals surface area (Å²) in [4.78, 5) is 23.2. The summed E-state index contributed by atoms with van der Waals surface area (Å²) in [5.41, 5.74) is 5.90. The van der Waals surface area contributed by atoms with Gasteiger partial charge in [-0.2, -0.15) is 10.1 Å². The number of allylic oxidation sites excluding steroid dienone is 1. The van der Waals surface area contributed by atoms with Crippen LogP contribution in [0.3, 0.4) is 0 Å². The van der Waals surface area contributed by atoms with E-state index in [0.29, 0.717) is 22.7 Å². The van der Waals surface area contributed by atoms with Crippen molar-refractivity contribution in [2.45, 2.75) is 24.9 Å². The molecule has 2 fully saturated rings. The van der Waals surface area contributed by atoms with Crippen LogP contribution in [0, 0.1) is 11.8 Å². The number of primary amides is 1. The Morgan fingerprint density at radius 1 is 1.31 bits per heavy atom. The first-order valence-corrected chi connectivity index (χ1v) is 11.3. The van der Waals surface area contributed by atoms with Crippen LogP contribution in [0.15, 0.2) is 30.7 Å². The molecule has 1 amide bonds. The minimum atomic E-state index is -0.545. The predicted molar refractivity (Wildman–Crippen MR) is 121 cm³/mol. The van der Waals surface area contributed by atoms with Crippen molar-refractivity contribution in [3.63, 3.8) is 0 Å². The number of hydrogen-bond acceptors (Lipinski definition) is 8. The zero-order valence-corrected chi connectivity index (χ0v) is 18.5. The predicted octanol–water partition coefficient (Wildman–Crippen LogP) is 1.63. The Morgan fingerprint density at radius 3 is 2.94 bits per heavy atom. The number of morpholine rings is 1. The molecule has 10 nitrogen and oxygen atoms in total. The van der Waals surface area contributed by atoms with Crippen molar-refractivity contribution < 1.29 is 9.53 Å². The van der Waals surface area contributed by atoms with Gasteiger partial charge in [-0.3, -0.25) is 14.4 Å². The lowest BCUT2D eigenvalue weighted by Gasteiger charge is -2.32. The van der Waals surface area contributed by atoms with Crippen molar-refractivity contribution >= 4 is 35.0 Å². The highest BCUT2D eigenvalue weighted by molar-refractivity contribution is 6.32. The van der Waals surface area contributed by atoms with Gasteiger partial charge in [0.1, 0.15) is 5.02 Å². The average molecular weight is 459 g/mol. The molecule has 3 heterocycles. The Morgan fingerprint density at radius 2 is 2.16 bits per heavy atom. The van der Waals surface area contributed by atoms with Gasteiger partial charge in [0.05, 0.1) is 49.3 Å². The molecular weight excluding hydrogens is 432 g/mol. The maximum absolute atomic E-state index is 12.0. The fourth-order valence-corrected chi connectivity index (χ4v) is 4.98. The van der Waals surface area contributed by atoms with Gasteiger partial charge in [0, 0.05) is 25.8 Å². The van der Waals surface area contributed by atoms with Crippen molar-refractivity contribution in [3.05, 3.63) is 35.8 Å². The molecule has 0 aromatic carbocycles. The van der Waals surface area contributed by atoms with Gasteiger partial charge in [0.15, 0.2) is 5.82 Å². The molecule has 2 aromatic rings. The van der Waals surface area contributed by atoms with E-state index in [0.717, 1.165) is 57.9 Å². The number of nitrogens with two attached hydrogens (primary N) is 1. The summed E-state index contributed by atoms with van der Waals surface area (Å²) in [7, 11) is 0. The zero-order chi connectivity index (χ0) is 22.1. The third-order valence-corrected chi connectivity index (χ3v) is 6.78. The molecule has 32 heavy (non-hydrogen) atoms. The van der Waals surface area contributed by atoms with E-state index >= 15 is 0 Å². The largest absolute Gasteiger partial charge is 0.379 e. The van der Waals surface area contributed by atoms with Crippen molar-refractivity contribution in [1.82, 2.24) is 24.6 Å². The van der Waals surface area contributed by atoms with Crippen LogP contribution in [-0.2, 0) is 16.1 Å². The molecule has 170 valence electrons.